The number of nitriles is 2. The largest absolute Gasteiger partial charge is 0.458 e. The van der Waals surface area contributed by atoms with E-state index >= 15 is 0 Å². The fourth-order valence-electron chi connectivity index (χ4n) is 4.75. The number of benzene rings is 3. The second-order valence-electron chi connectivity index (χ2n) is 11.1. The molecule has 0 aromatic heterocycles. The van der Waals surface area contributed by atoms with E-state index in [1.807, 2.05) is 99.6 Å². The fraction of sp³-hybridized carbons (Fsp3) is 0.105. The molecule has 0 saturated heterocycles. The predicted molar refractivity (Wildman–Crippen MR) is 173 cm³/mol. The number of para-hydroxylation sites is 2. The van der Waals surface area contributed by atoms with Crippen LogP contribution in [-0.2, 0) is 9.47 Å². The zero-order valence-corrected chi connectivity index (χ0v) is 24.9. The summed E-state index contributed by atoms with van der Waals surface area (Å²) < 4.78 is 12.4. The number of allylic oxidation sites excluding steroid dienone is 6. The summed E-state index contributed by atoms with van der Waals surface area (Å²) >= 11 is 0. The first kappa shape index (κ1) is 29.9. The molecule has 0 saturated carbocycles. The molecule has 0 spiro atoms. The Labute approximate surface area is 263 Å². The summed E-state index contributed by atoms with van der Waals surface area (Å²) in [6, 6.07) is 32.1. The first-order valence-corrected chi connectivity index (χ1v) is 14.0. The van der Waals surface area contributed by atoms with Crippen LogP contribution in [0.1, 0.15) is 26.3 Å². The molecule has 2 aliphatic heterocycles. The molecule has 216 valence electrons. The molecule has 0 N–H and O–H groups in total. The zero-order valence-electron chi connectivity index (χ0n) is 24.9. The van der Waals surface area contributed by atoms with Crippen LogP contribution in [0.2, 0.25) is 0 Å². The van der Waals surface area contributed by atoms with E-state index in [0.717, 1.165) is 22.6 Å². The van der Waals surface area contributed by atoms with Crippen molar-refractivity contribution in [3.8, 4) is 12.1 Å². The van der Waals surface area contributed by atoms with Gasteiger partial charge < -0.3 is 14.4 Å². The molecule has 3 aromatic rings. The standard InChI is InChI=1S/C38H27N5O2/c1-38(2,3)35-23-32(34(25-40)42-5)36-37(45-35)31(33(24-39)41-4)22-30(44-36)21-18-26-16-19-29(20-17-26)43(27-12-8-6-9-13-27)28-14-10-7-11-15-28/h6-23H,1-3H3/b21-18+,33-31-,34-32+. The lowest BCUT2D eigenvalue weighted by molar-refractivity contribution is 0.187. The summed E-state index contributed by atoms with van der Waals surface area (Å²) in [6.45, 7) is 21.0. The van der Waals surface area contributed by atoms with Gasteiger partial charge in [0.1, 0.15) is 11.5 Å². The maximum atomic E-state index is 9.77. The van der Waals surface area contributed by atoms with Crippen molar-refractivity contribution in [3.05, 3.63) is 177 Å². The Morgan fingerprint density at radius 1 is 0.689 bits per heavy atom. The van der Waals surface area contributed by atoms with Gasteiger partial charge in [0.2, 0.25) is 0 Å². The third-order valence-corrected chi connectivity index (χ3v) is 6.99. The summed E-state index contributed by atoms with van der Waals surface area (Å²) in [5.41, 5.74) is 3.51. The van der Waals surface area contributed by atoms with Gasteiger partial charge in [0, 0.05) is 33.6 Å². The fourth-order valence-corrected chi connectivity index (χ4v) is 4.75. The van der Waals surface area contributed by atoms with E-state index in [1.165, 1.54) is 0 Å². The Kier molecular flexibility index (Phi) is 8.49. The van der Waals surface area contributed by atoms with Crippen LogP contribution < -0.4 is 4.90 Å². The summed E-state index contributed by atoms with van der Waals surface area (Å²) in [7, 11) is 0. The highest BCUT2D eigenvalue weighted by molar-refractivity contribution is 5.77. The normalized spacial score (nSPS) is 16.3. The van der Waals surface area contributed by atoms with Crippen LogP contribution >= 0.6 is 0 Å². The van der Waals surface area contributed by atoms with Gasteiger partial charge in [-0.25, -0.2) is 20.2 Å². The highest BCUT2D eigenvalue weighted by atomic mass is 16.5. The second kappa shape index (κ2) is 12.8. The number of nitrogens with zero attached hydrogens (tertiary/aromatic N) is 5. The Morgan fingerprint density at radius 3 is 1.67 bits per heavy atom. The van der Waals surface area contributed by atoms with Crippen LogP contribution in [-0.4, -0.2) is 0 Å². The molecule has 3 aromatic carbocycles. The summed E-state index contributed by atoms with van der Waals surface area (Å²) in [5, 5.41) is 19.5. The summed E-state index contributed by atoms with van der Waals surface area (Å²) in [5.74, 6) is 1.03. The lowest BCUT2D eigenvalue weighted by Gasteiger charge is -2.32. The van der Waals surface area contributed by atoms with Crippen molar-refractivity contribution in [2.24, 2.45) is 5.41 Å². The summed E-state index contributed by atoms with van der Waals surface area (Å²) in [4.78, 5) is 8.98. The SMILES string of the molecule is [C-]#[N+]/C(C#N)=C1C=C(/C=C/c2ccc(N(c3ccccc3)c3ccccc3)cc2)OC2=C/1OC(C(C)(C)C)=C/C2=C(/C#N)[N+]#[C-]. The van der Waals surface area contributed by atoms with Crippen molar-refractivity contribution in [1.29, 1.82) is 10.5 Å². The van der Waals surface area contributed by atoms with Crippen molar-refractivity contribution >= 4 is 23.1 Å². The molecule has 45 heavy (non-hydrogen) atoms. The second-order valence-corrected chi connectivity index (χ2v) is 11.1. The third kappa shape index (κ3) is 6.30. The van der Waals surface area contributed by atoms with Crippen molar-refractivity contribution in [3.63, 3.8) is 0 Å². The topological polar surface area (TPSA) is 78.0 Å². The molecular formula is C38H27N5O2. The minimum Gasteiger partial charge on any atom is -0.458 e. The molecule has 2 aliphatic rings. The number of hydrogen-bond donors (Lipinski definition) is 0. The molecule has 0 fully saturated rings. The Morgan fingerprint density at radius 2 is 1.18 bits per heavy atom. The lowest BCUT2D eigenvalue weighted by atomic mass is 9.89. The van der Waals surface area contributed by atoms with E-state index in [0.29, 0.717) is 11.5 Å². The molecule has 0 radical (unpaired) electrons. The highest BCUT2D eigenvalue weighted by Gasteiger charge is 2.35. The number of anilines is 3. The van der Waals surface area contributed by atoms with Gasteiger partial charge in [0.25, 0.3) is 11.4 Å². The van der Waals surface area contributed by atoms with Gasteiger partial charge in [-0.15, -0.1) is 0 Å². The minimum atomic E-state index is -0.491. The Bertz CT molecular complexity index is 1920. The van der Waals surface area contributed by atoms with Gasteiger partial charge >= 0.3 is 0 Å². The van der Waals surface area contributed by atoms with Crippen LogP contribution in [0.5, 0.6) is 0 Å². The van der Waals surface area contributed by atoms with Crippen LogP contribution in [0.15, 0.2) is 149 Å². The molecule has 2 heterocycles. The predicted octanol–water partition coefficient (Wildman–Crippen LogP) is 9.65. The van der Waals surface area contributed by atoms with Gasteiger partial charge in [-0.3, -0.25) is 0 Å². The van der Waals surface area contributed by atoms with Gasteiger partial charge in [-0.2, -0.15) is 0 Å². The molecule has 0 amide bonds. The molecule has 7 nitrogen and oxygen atoms in total. The minimum absolute atomic E-state index is 0.112. The van der Waals surface area contributed by atoms with E-state index in [-0.39, 0.29) is 34.1 Å². The maximum Gasteiger partial charge on any atom is 0.272 e. The van der Waals surface area contributed by atoms with Crippen LogP contribution in [0, 0.1) is 41.2 Å². The van der Waals surface area contributed by atoms with E-state index in [2.05, 4.69) is 38.9 Å². The van der Waals surface area contributed by atoms with Crippen molar-refractivity contribution in [2.75, 3.05) is 4.90 Å². The van der Waals surface area contributed by atoms with Crippen molar-refractivity contribution in [1.82, 2.24) is 0 Å². The first-order valence-electron chi connectivity index (χ1n) is 14.0. The van der Waals surface area contributed by atoms with E-state index < -0.39 is 5.41 Å². The molecule has 0 atom stereocenters. The van der Waals surface area contributed by atoms with E-state index in [9.17, 15) is 10.5 Å². The van der Waals surface area contributed by atoms with Gasteiger partial charge in [-0.1, -0.05) is 75.4 Å². The molecule has 5 rings (SSSR count). The average molecular weight is 586 g/mol. The first-order chi connectivity index (χ1) is 21.8. The smallest absolute Gasteiger partial charge is 0.272 e. The summed E-state index contributed by atoms with van der Waals surface area (Å²) in [6.07, 6.45) is 6.75. The molecular weight excluding hydrogens is 558 g/mol. The zero-order chi connectivity index (χ0) is 32.0. The van der Waals surface area contributed by atoms with Crippen LogP contribution in [0.4, 0.5) is 17.1 Å². The van der Waals surface area contributed by atoms with Gasteiger partial charge in [0.15, 0.2) is 11.5 Å². The Hall–Kier alpha value is -6.54. The number of hydrogen-bond acceptors (Lipinski definition) is 5. The average Bonchev–Trinajstić information content (AvgIpc) is 3.06. The molecule has 0 bridgehead atoms. The lowest BCUT2D eigenvalue weighted by Crippen LogP contribution is -2.21. The third-order valence-electron chi connectivity index (χ3n) is 6.99. The number of ether oxygens (including phenoxy) is 2. The van der Waals surface area contributed by atoms with Crippen LogP contribution in [0.25, 0.3) is 15.8 Å². The van der Waals surface area contributed by atoms with Gasteiger partial charge in [0.05, 0.1) is 25.3 Å². The van der Waals surface area contributed by atoms with E-state index in [4.69, 9.17) is 22.6 Å². The Balaban J connectivity index is 1.51. The van der Waals surface area contributed by atoms with Crippen molar-refractivity contribution < 1.29 is 9.47 Å². The van der Waals surface area contributed by atoms with E-state index in [1.54, 1.807) is 18.2 Å². The maximum absolute atomic E-state index is 9.77. The monoisotopic (exact) mass is 585 g/mol. The molecule has 7 heteroatoms. The van der Waals surface area contributed by atoms with Crippen molar-refractivity contribution in [2.45, 2.75) is 20.8 Å². The number of rotatable bonds is 5. The quantitative estimate of drug-likeness (QED) is 0.220. The highest BCUT2D eigenvalue weighted by Crippen LogP contribution is 2.44. The molecule has 0 aliphatic carbocycles. The van der Waals surface area contributed by atoms with Gasteiger partial charge in [-0.05, 0) is 60.2 Å². The van der Waals surface area contributed by atoms with Crippen LogP contribution in [0.3, 0.4) is 0 Å². The molecule has 0 unspecified atom stereocenters.